The van der Waals surface area contributed by atoms with Crippen molar-refractivity contribution in [1.29, 1.82) is 0 Å². The van der Waals surface area contributed by atoms with Gasteiger partial charge in [-0.1, -0.05) is 48.4 Å². The molecule has 0 atom stereocenters. The van der Waals surface area contributed by atoms with Crippen molar-refractivity contribution < 1.29 is 13.9 Å². The molecule has 0 saturated carbocycles. The van der Waals surface area contributed by atoms with E-state index in [0.717, 1.165) is 5.56 Å². The molecule has 0 saturated heterocycles. The normalized spacial score (nSPS) is 10.1. The van der Waals surface area contributed by atoms with Crippen LogP contribution in [0.15, 0.2) is 66.7 Å². The lowest BCUT2D eigenvalue weighted by Crippen LogP contribution is -1.99. The molecule has 0 aliphatic heterocycles. The van der Waals surface area contributed by atoms with Crippen molar-refractivity contribution in [3.63, 3.8) is 0 Å². The molecule has 3 rings (SSSR count). The third-order valence-electron chi connectivity index (χ3n) is 3.86. The molecule has 0 aliphatic rings. The molecule has 3 aromatic rings. The zero-order valence-electron chi connectivity index (χ0n) is 13.8. The number of methoxy groups -OCH3 is 1. The van der Waals surface area contributed by atoms with Crippen molar-refractivity contribution in [3.8, 4) is 35.0 Å². The average Bonchev–Trinajstić information content (AvgIpc) is 2.67. The Hall–Kier alpha value is -3.25. The molecule has 2 nitrogen and oxygen atoms in total. The van der Waals surface area contributed by atoms with Crippen LogP contribution in [0.25, 0.3) is 11.1 Å². The first-order valence-corrected chi connectivity index (χ1v) is 7.83. The molecule has 124 valence electrons. The van der Waals surface area contributed by atoms with Gasteiger partial charge >= 0.3 is 0 Å². The van der Waals surface area contributed by atoms with Gasteiger partial charge in [-0.3, -0.25) is 0 Å². The summed E-state index contributed by atoms with van der Waals surface area (Å²) in [5.74, 6) is 2.88. The van der Waals surface area contributed by atoms with Crippen LogP contribution in [-0.4, -0.2) is 7.11 Å². The number of rotatable bonds is 5. The Morgan fingerprint density at radius 2 is 1.72 bits per heavy atom. The Morgan fingerprint density at radius 3 is 2.44 bits per heavy atom. The van der Waals surface area contributed by atoms with Crippen molar-refractivity contribution >= 4 is 0 Å². The highest BCUT2D eigenvalue weighted by Crippen LogP contribution is 2.36. The molecule has 0 heterocycles. The molecule has 3 aromatic carbocycles. The lowest BCUT2D eigenvalue weighted by Gasteiger charge is -2.14. The van der Waals surface area contributed by atoms with Gasteiger partial charge in [-0.05, 0) is 29.8 Å². The number of halogens is 1. The van der Waals surface area contributed by atoms with Crippen molar-refractivity contribution in [2.75, 3.05) is 7.11 Å². The van der Waals surface area contributed by atoms with Crippen LogP contribution >= 0.6 is 0 Å². The van der Waals surface area contributed by atoms with Gasteiger partial charge in [0.05, 0.1) is 7.11 Å². The first kappa shape index (κ1) is 16.6. The monoisotopic (exact) mass is 332 g/mol. The summed E-state index contributed by atoms with van der Waals surface area (Å²) in [4.78, 5) is 0. The van der Waals surface area contributed by atoms with E-state index >= 15 is 0 Å². The quantitative estimate of drug-likeness (QED) is 0.608. The number of benzene rings is 3. The van der Waals surface area contributed by atoms with Gasteiger partial charge in [0.15, 0.2) is 11.6 Å². The molecule has 0 fully saturated rings. The summed E-state index contributed by atoms with van der Waals surface area (Å²) >= 11 is 0. The highest BCUT2D eigenvalue weighted by molar-refractivity contribution is 5.73. The summed E-state index contributed by atoms with van der Waals surface area (Å²) in [6.45, 7) is 0.369. The average molecular weight is 332 g/mol. The van der Waals surface area contributed by atoms with E-state index in [0.29, 0.717) is 29.0 Å². The zero-order chi connectivity index (χ0) is 17.6. The SMILES string of the molecule is C#Cc1ccc(-c2cccc(OC)c2F)c(OCc2ccccc2)c1. The highest BCUT2D eigenvalue weighted by Gasteiger charge is 2.15. The summed E-state index contributed by atoms with van der Waals surface area (Å²) in [6.07, 6.45) is 5.49. The number of hydrogen-bond acceptors (Lipinski definition) is 2. The van der Waals surface area contributed by atoms with Gasteiger partial charge in [-0.25, -0.2) is 4.39 Å². The van der Waals surface area contributed by atoms with E-state index in [-0.39, 0.29) is 5.75 Å². The van der Waals surface area contributed by atoms with E-state index in [1.165, 1.54) is 7.11 Å². The fourth-order valence-electron chi connectivity index (χ4n) is 2.57. The third kappa shape index (κ3) is 3.64. The first-order chi connectivity index (χ1) is 12.2. The van der Waals surface area contributed by atoms with Crippen molar-refractivity contribution in [2.45, 2.75) is 6.61 Å². The minimum Gasteiger partial charge on any atom is -0.494 e. The fourth-order valence-corrected chi connectivity index (χ4v) is 2.57. The fraction of sp³-hybridized carbons (Fsp3) is 0.0909. The molecule has 0 spiro atoms. The molecule has 0 radical (unpaired) electrons. The van der Waals surface area contributed by atoms with Crippen LogP contribution in [0.4, 0.5) is 4.39 Å². The van der Waals surface area contributed by atoms with E-state index in [1.54, 1.807) is 36.4 Å². The van der Waals surface area contributed by atoms with Crippen LogP contribution in [0.3, 0.4) is 0 Å². The summed E-state index contributed by atoms with van der Waals surface area (Å²) < 4.78 is 25.7. The molecule has 3 heteroatoms. The van der Waals surface area contributed by atoms with E-state index in [1.807, 2.05) is 30.3 Å². The summed E-state index contributed by atoms with van der Waals surface area (Å²) in [5, 5.41) is 0. The smallest absolute Gasteiger partial charge is 0.172 e. The Balaban J connectivity index is 2.01. The maximum absolute atomic E-state index is 14.7. The summed E-state index contributed by atoms with van der Waals surface area (Å²) in [6, 6.07) is 20.1. The molecule has 0 amide bonds. The molecule has 25 heavy (non-hydrogen) atoms. The van der Waals surface area contributed by atoms with Gasteiger partial charge < -0.3 is 9.47 Å². The lowest BCUT2D eigenvalue weighted by atomic mass is 10.0. The third-order valence-corrected chi connectivity index (χ3v) is 3.86. The van der Waals surface area contributed by atoms with Crippen LogP contribution in [0, 0.1) is 18.2 Å². The second-order valence-corrected chi connectivity index (χ2v) is 5.45. The van der Waals surface area contributed by atoms with Gasteiger partial charge in [-0.15, -0.1) is 6.42 Å². The van der Waals surface area contributed by atoms with Crippen molar-refractivity contribution in [3.05, 3.63) is 83.7 Å². The zero-order valence-corrected chi connectivity index (χ0v) is 13.8. The molecule has 0 aromatic heterocycles. The molecule has 0 aliphatic carbocycles. The Bertz CT molecular complexity index is 911. The van der Waals surface area contributed by atoms with Crippen LogP contribution < -0.4 is 9.47 Å². The number of ether oxygens (including phenoxy) is 2. The lowest BCUT2D eigenvalue weighted by molar-refractivity contribution is 0.307. The van der Waals surface area contributed by atoms with Crippen LogP contribution in [0.2, 0.25) is 0 Å². The van der Waals surface area contributed by atoms with E-state index in [2.05, 4.69) is 5.92 Å². The molecular weight excluding hydrogens is 315 g/mol. The van der Waals surface area contributed by atoms with Gasteiger partial charge in [-0.2, -0.15) is 0 Å². The summed E-state index contributed by atoms with van der Waals surface area (Å²) in [7, 11) is 1.44. The standard InChI is InChI=1S/C22H17FO2/c1-3-16-12-13-18(19-10-7-11-20(24-2)22(19)23)21(14-16)25-15-17-8-5-4-6-9-17/h1,4-14H,15H2,2H3. The Kier molecular flexibility index (Phi) is 5.01. The van der Waals surface area contributed by atoms with Crippen LogP contribution in [0.5, 0.6) is 11.5 Å². The first-order valence-electron chi connectivity index (χ1n) is 7.83. The van der Waals surface area contributed by atoms with Crippen molar-refractivity contribution in [2.24, 2.45) is 0 Å². The van der Waals surface area contributed by atoms with Crippen LogP contribution in [0.1, 0.15) is 11.1 Å². The van der Waals surface area contributed by atoms with E-state index in [9.17, 15) is 4.39 Å². The molecule has 0 bridgehead atoms. The van der Waals surface area contributed by atoms with Gasteiger partial charge in [0.1, 0.15) is 12.4 Å². The second-order valence-electron chi connectivity index (χ2n) is 5.45. The maximum Gasteiger partial charge on any atom is 0.172 e. The molecule has 0 N–H and O–H groups in total. The predicted molar refractivity (Wildman–Crippen MR) is 97.1 cm³/mol. The summed E-state index contributed by atoms with van der Waals surface area (Å²) in [5.41, 5.74) is 2.73. The number of terminal acetylenes is 1. The van der Waals surface area contributed by atoms with Gasteiger partial charge in [0.25, 0.3) is 0 Å². The Morgan fingerprint density at radius 1 is 0.920 bits per heavy atom. The number of hydrogen-bond donors (Lipinski definition) is 0. The molecule has 0 unspecified atom stereocenters. The second kappa shape index (κ2) is 7.55. The topological polar surface area (TPSA) is 18.5 Å². The van der Waals surface area contributed by atoms with Gasteiger partial charge in [0, 0.05) is 16.7 Å². The minimum atomic E-state index is -0.428. The largest absolute Gasteiger partial charge is 0.494 e. The minimum absolute atomic E-state index is 0.188. The van der Waals surface area contributed by atoms with Crippen LogP contribution in [-0.2, 0) is 6.61 Å². The predicted octanol–water partition coefficient (Wildman–Crippen LogP) is 5.06. The van der Waals surface area contributed by atoms with E-state index < -0.39 is 5.82 Å². The Labute approximate surface area is 146 Å². The highest BCUT2D eigenvalue weighted by atomic mass is 19.1. The van der Waals surface area contributed by atoms with Gasteiger partial charge in [0.2, 0.25) is 0 Å². The molecular formula is C22H17FO2. The van der Waals surface area contributed by atoms with Crippen molar-refractivity contribution in [1.82, 2.24) is 0 Å². The van der Waals surface area contributed by atoms with E-state index in [4.69, 9.17) is 15.9 Å². The maximum atomic E-state index is 14.7.